The van der Waals surface area contributed by atoms with Crippen LogP contribution in [0.4, 0.5) is 0 Å². The first kappa shape index (κ1) is 16.7. The fourth-order valence-corrected chi connectivity index (χ4v) is 4.76. The van der Waals surface area contributed by atoms with Gasteiger partial charge in [0.05, 0.1) is 32.0 Å². The third-order valence-corrected chi connectivity index (χ3v) is 7.04. The van der Waals surface area contributed by atoms with E-state index in [0.717, 1.165) is 36.9 Å². The zero-order chi connectivity index (χ0) is 15.5. The van der Waals surface area contributed by atoms with E-state index in [1.54, 1.807) is 0 Å². The molecule has 4 rings (SSSR count). The standard InChI is InChI=1S/C19H32O3S/c1-5-16(20-10-18-11-21-18)6-2-14(1)9-15-3-7-17(8-4-15)22-12-19-13-23-19/h14-19H,1-13H2. The van der Waals surface area contributed by atoms with Gasteiger partial charge in [-0.15, -0.1) is 0 Å². The zero-order valence-corrected chi connectivity index (χ0v) is 15.1. The van der Waals surface area contributed by atoms with Crippen molar-refractivity contribution in [3.05, 3.63) is 0 Å². The maximum absolute atomic E-state index is 6.06. The summed E-state index contributed by atoms with van der Waals surface area (Å²) >= 11 is 2.05. The number of hydrogen-bond donors (Lipinski definition) is 0. The molecule has 2 heterocycles. The van der Waals surface area contributed by atoms with Crippen molar-refractivity contribution in [3.63, 3.8) is 0 Å². The van der Waals surface area contributed by atoms with Gasteiger partial charge in [0.25, 0.3) is 0 Å². The number of ether oxygens (including phenoxy) is 3. The van der Waals surface area contributed by atoms with Crippen molar-refractivity contribution >= 4 is 11.8 Å². The first-order valence-corrected chi connectivity index (χ1v) is 10.9. The van der Waals surface area contributed by atoms with Gasteiger partial charge in [0.1, 0.15) is 6.10 Å². The van der Waals surface area contributed by atoms with Gasteiger partial charge in [-0.05, 0) is 69.6 Å². The predicted octanol–water partition coefficient (Wildman–Crippen LogP) is 4.04. The van der Waals surface area contributed by atoms with Crippen LogP contribution in [0.1, 0.15) is 57.8 Å². The van der Waals surface area contributed by atoms with E-state index >= 15 is 0 Å². The van der Waals surface area contributed by atoms with Crippen LogP contribution in [0.25, 0.3) is 0 Å². The SMILES string of the molecule is C1CC(OCC2CO2)CCC1CC1CCC(OCC2CS2)CC1. The van der Waals surface area contributed by atoms with E-state index in [0.29, 0.717) is 18.3 Å². The van der Waals surface area contributed by atoms with Crippen molar-refractivity contribution < 1.29 is 14.2 Å². The topological polar surface area (TPSA) is 31.0 Å². The molecule has 23 heavy (non-hydrogen) atoms. The molecule has 4 heteroatoms. The Hall–Kier alpha value is 0.230. The number of epoxide rings is 1. The maximum Gasteiger partial charge on any atom is 0.104 e. The lowest BCUT2D eigenvalue weighted by molar-refractivity contribution is 0.00179. The highest BCUT2D eigenvalue weighted by Gasteiger charge is 2.30. The molecule has 2 saturated carbocycles. The Bertz CT molecular complexity index is 320. The second kappa shape index (κ2) is 8.07. The van der Waals surface area contributed by atoms with E-state index < -0.39 is 0 Å². The first-order valence-electron chi connectivity index (χ1n) is 9.81. The quantitative estimate of drug-likeness (QED) is 0.624. The second-order valence-corrected chi connectivity index (χ2v) is 9.43. The van der Waals surface area contributed by atoms with E-state index in [2.05, 4.69) is 0 Å². The molecular weight excluding hydrogens is 308 g/mol. The van der Waals surface area contributed by atoms with Crippen LogP contribution in [0.15, 0.2) is 0 Å². The smallest absolute Gasteiger partial charge is 0.104 e. The molecule has 4 aliphatic rings. The van der Waals surface area contributed by atoms with Gasteiger partial charge >= 0.3 is 0 Å². The third-order valence-electron chi connectivity index (χ3n) is 6.09. The number of thioether (sulfide) groups is 1. The van der Waals surface area contributed by atoms with Gasteiger partial charge in [-0.25, -0.2) is 0 Å². The van der Waals surface area contributed by atoms with Gasteiger partial charge in [-0.3, -0.25) is 0 Å². The summed E-state index contributed by atoms with van der Waals surface area (Å²) in [5, 5.41) is 0.830. The molecule has 132 valence electrons. The fourth-order valence-electron chi connectivity index (χ4n) is 4.36. The monoisotopic (exact) mass is 340 g/mol. The second-order valence-electron chi connectivity index (χ2n) is 8.10. The van der Waals surface area contributed by atoms with E-state index in [4.69, 9.17) is 14.2 Å². The average Bonchev–Trinajstić information content (AvgIpc) is 3.48. The van der Waals surface area contributed by atoms with Crippen molar-refractivity contribution in [2.24, 2.45) is 11.8 Å². The minimum atomic E-state index is 0.420. The Morgan fingerprint density at radius 1 is 0.783 bits per heavy atom. The first-order chi connectivity index (χ1) is 11.3. The molecule has 2 saturated heterocycles. The van der Waals surface area contributed by atoms with Crippen LogP contribution in [-0.2, 0) is 14.2 Å². The van der Waals surface area contributed by atoms with Gasteiger partial charge in [0.2, 0.25) is 0 Å². The Morgan fingerprint density at radius 3 is 1.78 bits per heavy atom. The summed E-state index contributed by atoms with van der Waals surface area (Å²) in [5.74, 6) is 3.25. The van der Waals surface area contributed by atoms with Gasteiger partial charge in [0, 0.05) is 11.0 Å². The van der Waals surface area contributed by atoms with Gasteiger partial charge in [-0.1, -0.05) is 0 Å². The molecule has 0 radical (unpaired) electrons. The minimum absolute atomic E-state index is 0.420. The van der Waals surface area contributed by atoms with Crippen LogP contribution < -0.4 is 0 Å². The molecule has 0 aromatic heterocycles. The summed E-state index contributed by atoms with van der Waals surface area (Å²) < 4.78 is 17.3. The lowest BCUT2D eigenvalue weighted by Crippen LogP contribution is -2.27. The van der Waals surface area contributed by atoms with Crippen molar-refractivity contribution in [3.8, 4) is 0 Å². The summed E-state index contributed by atoms with van der Waals surface area (Å²) in [4.78, 5) is 0. The Morgan fingerprint density at radius 2 is 1.30 bits per heavy atom. The van der Waals surface area contributed by atoms with E-state index in [1.165, 1.54) is 63.5 Å². The fraction of sp³-hybridized carbons (Fsp3) is 1.00. The molecule has 3 nitrogen and oxygen atoms in total. The highest BCUT2D eigenvalue weighted by atomic mass is 32.2. The van der Waals surface area contributed by atoms with E-state index in [-0.39, 0.29) is 0 Å². The number of hydrogen-bond acceptors (Lipinski definition) is 4. The molecule has 2 atom stereocenters. The lowest BCUT2D eigenvalue weighted by atomic mass is 9.76. The van der Waals surface area contributed by atoms with Crippen molar-refractivity contribution in [2.75, 3.05) is 25.6 Å². The average molecular weight is 341 g/mol. The highest BCUT2D eigenvalue weighted by Crippen LogP contribution is 2.37. The van der Waals surface area contributed by atoms with Crippen molar-refractivity contribution in [1.82, 2.24) is 0 Å². The molecule has 0 aromatic carbocycles. The van der Waals surface area contributed by atoms with Crippen LogP contribution in [0.2, 0.25) is 0 Å². The van der Waals surface area contributed by atoms with Crippen molar-refractivity contribution in [2.45, 2.75) is 81.3 Å². The maximum atomic E-state index is 6.06. The van der Waals surface area contributed by atoms with Gasteiger partial charge in [-0.2, -0.15) is 11.8 Å². The summed E-state index contributed by atoms with van der Waals surface area (Å²) in [6.45, 7) is 2.76. The van der Waals surface area contributed by atoms with Gasteiger partial charge < -0.3 is 14.2 Å². The molecule has 2 unspecified atom stereocenters. The Kier molecular flexibility index (Phi) is 5.86. The largest absolute Gasteiger partial charge is 0.377 e. The molecule has 0 aromatic rings. The molecule has 0 N–H and O–H groups in total. The Balaban J connectivity index is 1.08. The summed E-state index contributed by atoms with van der Waals surface area (Å²) in [6.07, 6.45) is 13.7. The third kappa shape index (κ3) is 5.62. The molecule has 2 aliphatic heterocycles. The molecule has 0 amide bonds. The summed E-state index contributed by atoms with van der Waals surface area (Å²) in [5.41, 5.74) is 0. The van der Waals surface area contributed by atoms with E-state index in [1.807, 2.05) is 11.8 Å². The van der Waals surface area contributed by atoms with Crippen LogP contribution in [-0.4, -0.2) is 49.1 Å². The van der Waals surface area contributed by atoms with Gasteiger partial charge in [0.15, 0.2) is 0 Å². The molecular formula is C19H32O3S. The molecule has 2 aliphatic carbocycles. The van der Waals surface area contributed by atoms with Crippen LogP contribution in [0, 0.1) is 11.8 Å². The van der Waals surface area contributed by atoms with Crippen LogP contribution >= 0.6 is 11.8 Å². The summed E-state index contributed by atoms with van der Waals surface area (Å²) in [7, 11) is 0. The normalized spacial score (nSPS) is 43.3. The molecule has 0 spiro atoms. The molecule has 4 fully saturated rings. The van der Waals surface area contributed by atoms with Crippen molar-refractivity contribution in [1.29, 1.82) is 0 Å². The zero-order valence-electron chi connectivity index (χ0n) is 14.3. The highest BCUT2D eigenvalue weighted by molar-refractivity contribution is 8.06. The summed E-state index contributed by atoms with van der Waals surface area (Å²) in [6, 6.07) is 0. The number of rotatable bonds is 8. The minimum Gasteiger partial charge on any atom is -0.377 e. The van der Waals surface area contributed by atoms with Crippen LogP contribution in [0.3, 0.4) is 0 Å². The Labute approximate surface area is 145 Å². The van der Waals surface area contributed by atoms with Crippen LogP contribution in [0.5, 0.6) is 0 Å². The van der Waals surface area contributed by atoms with E-state index in [9.17, 15) is 0 Å². The predicted molar refractivity (Wildman–Crippen MR) is 94.0 cm³/mol. The molecule has 0 bridgehead atoms. The lowest BCUT2D eigenvalue weighted by Gasteiger charge is -2.34.